The van der Waals surface area contributed by atoms with Gasteiger partial charge in [-0.05, 0) is 92.2 Å². The van der Waals surface area contributed by atoms with E-state index >= 15 is 0 Å². The zero-order valence-corrected chi connectivity index (χ0v) is 24.5. The minimum absolute atomic E-state index is 0.121. The SMILES string of the molecule is COc1cc(OC)c(-c2nc(C(=O)Nc3cccc(CC(=O)O)c3)c(CCC34CC5CC(CC(C5)C3)C4)[nH]2)c(OC)c1. The Labute approximate surface area is 246 Å². The topological polar surface area (TPSA) is 123 Å². The molecule has 9 heteroatoms. The van der Waals surface area contributed by atoms with Gasteiger partial charge in [0.2, 0.25) is 0 Å². The van der Waals surface area contributed by atoms with Crippen LogP contribution in [0.5, 0.6) is 17.2 Å². The Bertz CT molecular complexity index is 1430. The molecule has 0 unspecified atom stereocenters. The molecule has 4 fully saturated rings. The fourth-order valence-electron chi connectivity index (χ4n) is 8.25. The third-order valence-electron chi connectivity index (χ3n) is 9.56. The van der Waals surface area contributed by atoms with E-state index in [0.717, 1.165) is 29.9 Å². The van der Waals surface area contributed by atoms with Gasteiger partial charge in [-0.1, -0.05) is 12.1 Å². The lowest BCUT2D eigenvalue weighted by molar-refractivity contribution is -0.136. The highest BCUT2D eigenvalue weighted by atomic mass is 16.5. The van der Waals surface area contributed by atoms with Crippen molar-refractivity contribution in [1.29, 1.82) is 0 Å². The first-order valence-electron chi connectivity index (χ1n) is 14.8. The van der Waals surface area contributed by atoms with Crippen molar-refractivity contribution < 1.29 is 28.9 Å². The van der Waals surface area contributed by atoms with Gasteiger partial charge in [0, 0.05) is 23.5 Å². The third-order valence-corrected chi connectivity index (χ3v) is 9.56. The Kier molecular flexibility index (Phi) is 7.60. The number of hydrogen-bond donors (Lipinski definition) is 3. The fourth-order valence-corrected chi connectivity index (χ4v) is 8.25. The number of carboxylic acid groups (broad SMARTS) is 1. The average Bonchev–Trinajstić information content (AvgIpc) is 3.38. The molecular formula is C33H39N3O6. The first-order chi connectivity index (χ1) is 20.3. The zero-order chi connectivity index (χ0) is 29.4. The van der Waals surface area contributed by atoms with E-state index in [-0.39, 0.29) is 12.3 Å². The smallest absolute Gasteiger partial charge is 0.307 e. The van der Waals surface area contributed by atoms with E-state index < -0.39 is 5.97 Å². The van der Waals surface area contributed by atoms with Gasteiger partial charge in [0.15, 0.2) is 0 Å². The minimum Gasteiger partial charge on any atom is -0.496 e. The van der Waals surface area contributed by atoms with Crippen LogP contribution in [0.25, 0.3) is 11.4 Å². The molecule has 1 amide bonds. The van der Waals surface area contributed by atoms with E-state index in [1.54, 1.807) is 57.7 Å². The molecule has 1 heterocycles. The molecule has 0 spiro atoms. The second-order valence-electron chi connectivity index (χ2n) is 12.5. The second-order valence-corrected chi connectivity index (χ2v) is 12.5. The molecule has 0 radical (unpaired) electrons. The van der Waals surface area contributed by atoms with Crippen LogP contribution in [0, 0.1) is 23.2 Å². The lowest BCUT2D eigenvalue weighted by Gasteiger charge is -2.57. The van der Waals surface area contributed by atoms with Crippen molar-refractivity contribution in [3.05, 3.63) is 53.3 Å². The first-order valence-corrected chi connectivity index (χ1v) is 14.8. The highest BCUT2D eigenvalue weighted by Crippen LogP contribution is 2.61. The van der Waals surface area contributed by atoms with E-state index in [4.69, 9.17) is 19.2 Å². The van der Waals surface area contributed by atoms with E-state index in [2.05, 4.69) is 10.3 Å². The maximum absolute atomic E-state index is 13.8. The maximum Gasteiger partial charge on any atom is 0.307 e. The standard InChI is InChI=1S/C33H39N3O6/c1-40-24-14-26(41-2)29(27(15-24)42-3)31-35-25(7-8-33-16-20-9-21(17-33)11-22(10-20)18-33)30(36-31)32(39)34-23-6-4-5-19(12-23)13-28(37)38/h4-6,12,14-15,20-22H,7-11,13,16-18H2,1-3H3,(H,34,39)(H,35,36)(H,37,38). The largest absolute Gasteiger partial charge is 0.496 e. The number of anilines is 1. The molecule has 2 aromatic carbocycles. The zero-order valence-electron chi connectivity index (χ0n) is 24.5. The Hall–Kier alpha value is -4.01. The molecule has 1 aromatic heterocycles. The number of aromatic nitrogens is 2. The number of hydrogen-bond acceptors (Lipinski definition) is 6. The van der Waals surface area contributed by atoms with Crippen LogP contribution < -0.4 is 19.5 Å². The van der Waals surface area contributed by atoms with Gasteiger partial charge in [0.25, 0.3) is 5.91 Å². The third kappa shape index (κ3) is 5.56. The molecule has 42 heavy (non-hydrogen) atoms. The number of methoxy groups -OCH3 is 3. The van der Waals surface area contributed by atoms with Crippen LogP contribution in [0.2, 0.25) is 0 Å². The van der Waals surface area contributed by atoms with Gasteiger partial charge in [-0.2, -0.15) is 0 Å². The van der Waals surface area contributed by atoms with Gasteiger partial charge in [-0.3, -0.25) is 9.59 Å². The van der Waals surface area contributed by atoms with Crippen molar-refractivity contribution >= 4 is 17.6 Å². The summed E-state index contributed by atoms with van der Waals surface area (Å²) in [6.07, 6.45) is 9.64. The van der Waals surface area contributed by atoms with Crippen LogP contribution in [0.4, 0.5) is 5.69 Å². The van der Waals surface area contributed by atoms with E-state index in [1.807, 2.05) is 0 Å². The minimum atomic E-state index is -0.926. The number of rotatable bonds is 11. The second kappa shape index (κ2) is 11.3. The molecule has 222 valence electrons. The number of carbonyl (C=O) groups is 2. The molecule has 0 saturated heterocycles. The number of aliphatic carboxylic acids is 1. The molecule has 0 atom stereocenters. The summed E-state index contributed by atoms with van der Waals surface area (Å²) >= 11 is 0. The Morgan fingerprint density at radius 2 is 1.62 bits per heavy atom. The molecule has 4 saturated carbocycles. The number of imidazole rings is 1. The average molecular weight is 574 g/mol. The summed E-state index contributed by atoms with van der Waals surface area (Å²) < 4.78 is 16.8. The number of carbonyl (C=O) groups excluding carboxylic acids is 1. The van der Waals surface area contributed by atoms with Crippen molar-refractivity contribution in [2.75, 3.05) is 26.6 Å². The molecular weight excluding hydrogens is 534 g/mol. The summed E-state index contributed by atoms with van der Waals surface area (Å²) in [4.78, 5) is 33.3. The number of nitrogens with one attached hydrogen (secondary N) is 2. The number of benzene rings is 2. The maximum atomic E-state index is 13.8. The molecule has 3 N–H and O–H groups in total. The Balaban J connectivity index is 1.34. The lowest BCUT2D eigenvalue weighted by Crippen LogP contribution is -2.46. The first kappa shape index (κ1) is 28.1. The van der Waals surface area contributed by atoms with Crippen LogP contribution in [0.15, 0.2) is 36.4 Å². The number of aryl methyl sites for hydroxylation is 1. The van der Waals surface area contributed by atoms with Crippen molar-refractivity contribution in [2.24, 2.45) is 23.2 Å². The number of ether oxygens (including phenoxy) is 3. The Morgan fingerprint density at radius 3 is 2.19 bits per heavy atom. The summed E-state index contributed by atoms with van der Waals surface area (Å²) in [6.45, 7) is 0. The quantitative estimate of drug-likeness (QED) is 0.252. The summed E-state index contributed by atoms with van der Waals surface area (Å²) in [5.74, 6) is 3.37. The molecule has 9 nitrogen and oxygen atoms in total. The molecule has 3 aromatic rings. The van der Waals surface area contributed by atoms with E-state index in [0.29, 0.717) is 57.4 Å². The predicted octanol–water partition coefficient (Wildman–Crippen LogP) is 6.13. The van der Waals surface area contributed by atoms with Gasteiger partial charge in [-0.15, -0.1) is 0 Å². The molecule has 7 rings (SSSR count). The fraction of sp³-hybridized carbons (Fsp3) is 0.485. The van der Waals surface area contributed by atoms with Crippen molar-refractivity contribution in [3.8, 4) is 28.6 Å². The van der Waals surface area contributed by atoms with Gasteiger partial charge in [-0.25, -0.2) is 4.98 Å². The Morgan fingerprint density at radius 1 is 0.976 bits per heavy atom. The molecule has 4 aliphatic carbocycles. The number of aromatic amines is 1. The summed E-state index contributed by atoms with van der Waals surface area (Å²) in [7, 11) is 4.73. The van der Waals surface area contributed by atoms with E-state index in [1.165, 1.54) is 38.5 Å². The van der Waals surface area contributed by atoms with E-state index in [9.17, 15) is 14.7 Å². The van der Waals surface area contributed by atoms with Gasteiger partial charge >= 0.3 is 5.97 Å². The van der Waals surface area contributed by atoms with Crippen molar-refractivity contribution in [2.45, 2.75) is 57.8 Å². The normalized spacial score (nSPS) is 23.9. The highest BCUT2D eigenvalue weighted by molar-refractivity contribution is 6.04. The van der Waals surface area contributed by atoms with Crippen LogP contribution in [0.3, 0.4) is 0 Å². The predicted molar refractivity (Wildman–Crippen MR) is 158 cm³/mol. The van der Waals surface area contributed by atoms with Gasteiger partial charge in [0.1, 0.15) is 34.3 Å². The summed E-state index contributed by atoms with van der Waals surface area (Å²) in [6, 6.07) is 10.4. The van der Waals surface area contributed by atoms with Crippen LogP contribution in [-0.2, 0) is 17.6 Å². The van der Waals surface area contributed by atoms with Crippen LogP contribution in [0.1, 0.15) is 66.7 Å². The lowest BCUT2D eigenvalue weighted by atomic mass is 9.48. The number of carboxylic acids is 1. The monoisotopic (exact) mass is 573 g/mol. The van der Waals surface area contributed by atoms with Gasteiger partial charge in [0.05, 0.1) is 27.8 Å². The van der Waals surface area contributed by atoms with Crippen molar-refractivity contribution in [1.82, 2.24) is 9.97 Å². The van der Waals surface area contributed by atoms with Crippen molar-refractivity contribution in [3.63, 3.8) is 0 Å². The van der Waals surface area contributed by atoms with Crippen LogP contribution >= 0.6 is 0 Å². The number of H-pyrrole nitrogens is 1. The molecule has 0 aliphatic heterocycles. The number of amides is 1. The number of nitrogens with zero attached hydrogens (tertiary/aromatic N) is 1. The molecule has 4 aliphatic rings. The van der Waals surface area contributed by atoms with Crippen LogP contribution in [-0.4, -0.2) is 48.3 Å². The molecule has 4 bridgehead atoms. The summed E-state index contributed by atoms with van der Waals surface area (Å²) in [5.41, 5.74) is 3.18. The highest BCUT2D eigenvalue weighted by Gasteiger charge is 2.50. The summed E-state index contributed by atoms with van der Waals surface area (Å²) in [5, 5.41) is 12.2. The van der Waals surface area contributed by atoms with Gasteiger partial charge < -0.3 is 29.6 Å².